The number of nitrogens with zero attached hydrogens (tertiary/aromatic N) is 3. The summed E-state index contributed by atoms with van der Waals surface area (Å²) >= 11 is 1.51. The summed E-state index contributed by atoms with van der Waals surface area (Å²) < 4.78 is 19.2. The second kappa shape index (κ2) is 7.29. The third-order valence-electron chi connectivity index (χ3n) is 3.95. The number of ether oxygens (including phenoxy) is 1. The largest absolute Gasteiger partial charge is 0.411 e. The van der Waals surface area contributed by atoms with Gasteiger partial charge in [0.2, 0.25) is 5.90 Å². The van der Waals surface area contributed by atoms with Crippen LogP contribution >= 0.6 is 11.8 Å². The van der Waals surface area contributed by atoms with E-state index in [-0.39, 0.29) is 5.82 Å². The molecule has 5 nitrogen and oxygen atoms in total. The molecule has 0 radical (unpaired) electrons. The van der Waals surface area contributed by atoms with Crippen LogP contribution in [0.1, 0.15) is 30.6 Å². The minimum Gasteiger partial charge on any atom is -0.411 e. The Bertz CT molecular complexity index is 908. The zero-order chi connectivity index (χ0) is 17.9. The molecule has 132 valence electrons. The lowest BCUT2D eigenvalue weighted by Crippen LogP contribution is -2.24. The van der Waals surface area contributed by atoms with Gasteiger partial charge in [0.25, 0.3) is 5.23 Å². The number of nitrogens with one attached hydrogen (secondary N) is 1. The standard InChI is InChI=1S/C19H17FN4OS/c1-2-11-26-19-24-23-16-14-5-3-4-6-15(14)21-17(22-18(16)25-19)12-7-9-13(20)10-8-12/h3-10,17,21H,2,11H2,1H3/t17-/m1/s1. The molecular formula is C19H17FN4OS. The molecule has 0 saturated carbocycles. The van der Waals surface area contributed by atoms with Gasteiger partial charge in [0.15, 0.2) is 5.71 Å². The normalized spacial score (nSPS) is 18.2. The summed E-state index contributed by atoms with van der Waals surface area (Å²) in [5.41, 5.74) is 3.18. The molecule has 0 aromatic heterocycles. The molecule has 2 aliphatic rings. The van der Waals surface area contributed by atoms with Crippen molar-refractivity contribution in [3.63, 3.8) is 0 Å². The Morgan fingerprint density at radius 1 is 1.12 bits per heavy atom. The van der Waals surface area contributed by atoms with Gasteiger partial charge in [0.1, 0.15) is 12.0 Å². The average Bonchev–Trinajstić information content (AvgIpc) is 2.83. The van der Waals surface area contributed by atoms with E-state index in [1.807, 2.05) is 24.3 Å². The molecule has 1 atom stereocenters. The van der Waals surface area contributed by atoms with E-state index in [0.717, 1.165) is 29.0 Å². The van der Waals surface area contributed by atoms with Crippen molar-refractivity contribution in [1.29, 1.82) is 0 Å². The van der Waals surface area contributed by atoms with Crippen LogP contribution in [0.2, 0.25) is 0 Å². The number of para-hydroxylation sites is 1. The molecule has 0 aliphatic carbocycles. The molecule has 1 N–H and O–H groups in total. The minimum atomic E-state index is -0.407. The van der Waals surface area contributed by atoms with Crippen LogP contribution < -0.4 is 5.32 Å². The molecule has 0 amide bonds. The highest BCUT2D eigenvalue weighted by atomic mass is 32.2. The highest BCUT2D eigenvalue weighted by molar-refractivity contribution is 8.13. The fraction of sp³-hybridized carbons (Fsp3) is 0.211. The van der Waals surface area contributed by atoms with Crippen LogP contribution in [0.15, 0.2) is 63.7 Å². The van der Waals surface area contributed by atoms with Crippen molar-refractivity contribution < 1.29 is 9.13 Å². The Hall–Kier alpha value is -2.67. The van der Waals surface area contributed by atoms with Crippen molar-refractivity contribution >= 4 is 34.3 Å². The molecule has 0 fully saturated rings. The summed E-state index contributed by atoms with van der Waals surface area (Å²) in [6, 6.07) is 14.1. The van der Waals surface area contributed by atoms with Crippen molar-refractivity contribution in [1.82, 2.24) is 0 Å². The summed E-state index contributed by atoms with van der Waals surface area (Å²) in [7, 11) is 0. The van der Waals surface area contributed by atoms with Gasteiger partial charge in [-0.1, -0.05) is 49.0 Å². The van der Waals surface area contributed by atoms with Gasteiger partial charge in [-0.25, -0.2) is 9.38 Å². The van der Waals surface area contributed by atoms with Gasteiger partial charge >= 0.3 is 0 Å². The molecule has 0 saturated heterocycles. The van der Waals surface area contributed by atoms with Gasteiger partial charge in [-0.3, -0.25) is 0 Å². The zero-order valence-electron chi connectivity index (χ0n) is 14.1. The van der Waals surface area contributed by atoms with Crippen LogP contribution in [-0.4, -0.2) is 22.6 Å². The maximum absolute atomic E-state index is 13.3. The van der Waals surface area contributed by atoms with Crippen molar-refractivity contribution in [2.24, 2.45) is 15.2 Å². The summed E-state index contributed by atoms with van der Waals surface area (Å²) in [5, 5.41) is 12.4. The number of aliphatic imine (C=N–C) groups is 1. The number of thioether (sulfide) groups is 1. The highest BCUT2D eigenvalue weighted by Gasteiger charge is 2.28. The summed E-state index contributed by atoms with van der Waals surface area (Å²) in [6.45, 7) is 2.10. The maximum Gasteiger partial charge on any atom is 0.276 e. The molecule has 2 aromatic carbocycles. The first kappa shape index (κ1) is 16.8. The first-order chi connectivity index (χ1) is 12.7. The van der Waals surface area contributed by atoms with E-state index in [4.69, 9.17) is 9.73 Å². The Morgan fingerprint density at radius 2 is 1.92 bits per heavy atom. The molecule has 7 heteroatoms. The second-order valence-electron chi connectivity index (χ2n) is 5.84. The molecular weight excluding hydrogens is 351 g/mol. The molecule has 4 rings (SSSR count). The average molecular weight is 368 g/mol. The molecule has 0 unspecified atom stereocenters. The number of hydrogen-bond donors (Lipinski definition) is 1. The Kier molecular flexibility index (Phi) is 4.71. The SMILES string of the molecule is CCCSC1=NN=C2C(=N[C@H](c3ccc(F)cc3)Nc3ccccc32)O1. The lowest BCUT2D eigenvalue weighted by atomic mass is 10.1. The number of benzene rings is 2. The van der Waals surface area contributed by atoms with Gasteiger partial charge in [0, 0.05) is 17.0 Å². The van der Waals surface area contributed by atoms with Crippen molar-refractivity contribution in [2.45, 2.75) is 19.5 Å². The van der Waals surface area contributed by atoms with Crippen LogP contribution in [0.3, 0.4) is 0 Å². The molecule has 2 aromatic rings. The fourth-order valence-corrected chi connectivity index (χ4v) is 3.32. The quantitative estimate of drug-likeness (QED) is 0.862. The first-order valence-electron chi connectivity index (χ1n) is 8.40. The molecule has 26 heavy (non-hydrogen) atoms. The van der Waals surface area contributed by atoms with Gasteiger partial charge in [-0.15, -0.1) is 10.2 Å². The number of fused-ring (bicyclic) bond motifs is 3. The van der Waals surface area contributed by atoms with Gasteiger partial charge in [-0.2, -0.15) is 0 Å². The summed E-state index contributed by atoms with van der Waals surface area (Å²) in [4.78, 5) is 4.71. The van der Waals surface area contributed by atoms with Crippen LogP contribution in [-0.2, 0) is 4.74 Å². The van der Waals surface area contributed by atoms with Crippen LogP contribution in [0, 0.1) is 5.82 Å². The van der Waals surface area contributed by atoms with Crippen molar-refractivity contribution in [3.8, 4) is 0 Å². The number of anilines is 1. The van der Waals surface area contributed by atoms with Crippen molar-refractivity contribution in [2.75, 3.05) is 11.1 Å². The number of hydrogen-bond acceptors (Lipinski definition) is 6. The Labute approximate surface area is 155 Å². The minimum absolute atomic E-state index is 0.281. The van der Waals surface area contributed by atoms with E-state index >= 15 is 0 Å². The Morgan fingerprint density at radius 3 is 2.73 bits per heavy atom. The highest BCUT2D eigenvalue weighted by Crippen LogP contribution is 2.30. The first-order valence-corrected chi connectivity index (χ1v) is 9.39. The molecule has 2 aliphatic heterocycles. The second-order valence-corrected chi connectivity index (χ2v) is 6.89. The van der Waals surface area contributed by atoms with E-state index < -0.39 is 6.17 Å². The van der Waals surface area contributed by atoms with Gasteiger partial charge in [0.05, 0.1) is 0 Å². The van der Waals surface area contributed by atoms with Crippen molar-refractivity contribution in [3.05, 3.63) is 65.5 Å². The topological polar surface area (TPSA) is 58.3 Å². The summed E-state index contributed by atoms with van der Waals surface area (Å²) in [6.07, 6.45) is 0.605. The van der Waals surface area contributed by atoms with E-state index in [2.05, 4.69) is 22.4 Å². The van der Waals surface area contributed by atoms with E-state index in [9.17, 15) is 4.39 Å². The van der Waals surface area contributed by atoms with Crippen LogP contribution in [0.5, 0.6) is 0 Å². The predicted octanol–water partition coefficient (Wildman–Crippen LogP) is 4.58. The van der Waals surface area contributed by atoms with Crippen LogP contribution in [0.25, 0.3) is 0 Å². The monoisotopic (exact) mass is 368 g/mol. The van der Waals surface area contributed by atoms with Crippen LogP contribution in [0.4, 0.5) is 10.1 Å². The molecule has 0 spiro atoms. The van der Waals surface area contributed by atoms with E-state index in [1.165, 1.54) is 23.9 Å². The smallest absolute Gasteiger partial charge is 0.276 e. The van der Waals surface area contributed by atoms with Gasteiger partial charge in [-0.05, 0) is 30.2 Å². The van der Waals surface area contributed by atoms with Gasteiger partial charge < -0.3 is 10.1 Å². The van der Waals surface area contributed by atoms with E-state index in [0.29, 0.717) is 16.8 Å². The Balaban J connectivity index is 1.76. The third-order valence-corrected chi connectivity index (χ3v) is 4.98. The lowest BCUT2D eigenvalue weighted by Gasteiger charge is -2.16. The predicted molar refractivity (Wildman–Crippen MR) is 104 cm³/mol. The lowest BCUT2D eigenvalue weighted by molar-refractivity contribution is 0.552. The third kappa shape index (κ3) is 3.35. The number of halogens is 1. The maximum atomic E-state index is 13.3. The number of rotatable bonds is 3. The molecule has 0 bridgehead atoms. The fourth-order valence-electron chi connectivity index (χ4n) is 2.70. The zero-order valence-corrected chi connectivity index (χ0v) is 15.0. The summed E-state index contributed by atoms with van der Waals surface area (Å²) in [5.74, 6) is 1.04. The van der Waals surface area contributed by atoms with E-state index in [1.54, 1.807) is 12.1 Å². The molecule has 2 heterocycles.